The SMILES string of the molecule is COC(=O)c1ccccc1NC(=O)c1nc2nccc(C)n2n1. The van der Waals surface area contributed by atoms with Crippen molar-refractivity contribution in [1.82, 2.24) is 19.6 Å². The van der Waals surface area contributed by atoms with Gasteiger partial charge in [0.15, 0.2) is 0 Å². The number of rotatable bonds is 3. The van der Waals surface area contributed by atoms with Gasteiger partial charge in [0.05, 0.1) is 18.4 Å². The van der Waals surface area contributed by atoms with Crippen LogP contribution in [0.3, 0.4) is 0 Å². The summed E-state index contributed by atoms with van der Waals surface area (Å²) < 4.78 is 6.17. The molecule has 0 unspecified atom stereocenters. The van der Waals surface area contributed by atoms with Crippen molar-refractivity contribution in [2.24, 2.45) is 0 Å². The number of aromatic nitrogens is 4. The summed E-state index contributed by atoms with van der Waals surface area (Å²) in [4.78, 5) is 32.2. The molecule has 0 aliphatic heterocycles. The van der Waals surface area contributed by atoms with Crippen molar-refractivity contribution in [1.29, 1.82) is 0 Å². The lowest BCUT2D eigenvalue weighted by Crippen LogP contribution is -2.17. The van der Waals surface area contributed by atoms with Gasteiger partial charge >= 0.3 is 5.97 Å². The van der Waals surface area contributed by atoms with E-state index in [1.165, 1.54) is 11.6 Å². The number of carbonyl (C=O) groups is 2. The Morgan fingerprint density at radius 2 is 2.00 bits per heavy atom. The monoisotopic (exact) mass is 311 g/mol. The molecule has 0 aliphatic carbocycles. The third-order valence-electron chi connectivity index (χ3n) is 3.21. The molecule has 0 spiro atoms. The van der Waals surface area contributed by atoms with Crippen LogP contribution in [0.15, 0.2) is 36.5 Å². The number of anilines is 1. The molecule has 0 aliphatic rings. The van der Waals surface area contributed by atoms with E-state index < -0.39 is 11.9 Å². The molecule has 2 aromatic heterocycles. The van der Waals surface area contributed by atoms with E-state index in [1.54, 1.807) is 36.5 Å². The van der Waals surface area contributed by atoms with Gasteiger partial charge in [0, 0.05) is 11.9 Å². The molecular weight excluding hydrogens is 298 g/mol. The summed E-state index contributed by atoms with van der Waals surface area (Å²) in [5.41, 5.74) is 1.38. The summed E-state index contributed by atoms with van der Waals surface area (Å²) in [5.74, 6) is -0.782. The fourth-order valence-electron chi connectivity index (χ4n) is 2.06. The van der Waals surface area contributed by atoms with Gasteiger partial charge < -0.3 is 10.1 Å². The highest BCUT2D eigenvalue weighted by Gasteiger charge is 2.18. The maximum absolute atomic E-state index is 12.3. The zero-order valence-corrected chi connectivity index (χ0v) is 12.5. The molecule has 3 rings (SSSR count). The van der Waals surface area contributed by atoms with Gasteiger partial charge in [-0.25, -0.2) is 14.3 Å². The van der Waals surface area contributed by atoms with Crippen molar-refractivity contribution in [2.45, 2.75) is 6.92 Å². The minimum absolute atomic E-state index is 0.0357. The van der Waals surface area contributed by atoms with Crippen LogP contribution in [0.25, 0.3) is 5.78 Å². The van der Waals surface area contributed by atoms with Crippen LogP contribution in [-0.4, -0.2) is 38.6 Å². The van der Waals surface area contributed by atoms with E-state index in [0.717, 1.165) is 5.69 Å². The molecular formula is C15H13N5O3. The van der Waals surface area contributed by atoms with Crippen LogP contribution < -0.4 is 5.32 Å². The second kappa shape index (κ2) is 5.84. The zero-order valence-electron chi connectivity index (χ0n) is 12.5. The average molecular weight is 311 g/mol. The molecule has 23 heavy (non-hydrogen) atoms. The topological polar surface area (TPSA) is 98.5 Å². The third kappa shape index (κ3) is 2.73. The first-order valence-corrected chi connectivity index (χ1v) is 6.77. The molecule has 8 nitrogen and oxygen atoms in total. The number of fused-ring (bicyclic) bond motifs is 1. The van der Waals surface area contributed by atoms with Crippen LogP contribution in [-0.2, 0) is 4.74 Å². The van der Waals surface area contributed by atoms with Gasteiger partial charge in [-0.3, -0.25) is 4.79 Å². The predicted octanol–water partition coefficient (Wildman–Crippen LogP) is 1.47. The minimum Gasteiger partial charge on any atom is -0.465 e. The Morgan fingerprint density at radius 1 is 1.22 bits per heavy atom. The molecule has 0 saturated carbocycles. The van der Waals surface area contributed by atoms with Crippen molar-refractivity contribution in [3.63, 3.8) is 0 Å². The Balaban J connectivity index is 1.92. The summed E-state index contributed by atoms with van der Waals surface area (Å²) in [5, 5.41) is 6.73. The van der Waals surface area contributed by atoms with Crippen molar-refractivity contribution in [2.75, 3.05) is 12.4 Å². The van der Waals surface area contributed by atoms with Crippen molar-refractivity contribution in [3.8, 4) is 0 Å². The summed E-state index contributed by atoms with van der Waals surface area (Å²) in [6.45, 7) is 1.83. The van der Waals surface area contributed by atoms with E-state index in [9.17, 15) is 9.59 Å². The quantitative estimate of drug-likeness (QED) is 0.735. The number of amides is 1. The van der Waals surface area contributed by atoms with Crippen LogP contribution in [0.5, 0.6) is 0 Å². The first kappa shape index (κ1) is 14.6. The lowest BCUT2D eigenvalue weighted by molar-refractivity contribution is 0.0602. The number of nitrogens with one attached hydrogen (secondary N) is 1. The smallest absolute Gasteiger partial charge is 0.339 e. The Labute approximate surface area is 131 Å². The number of carbonyl (C=O) groups excluding carboxylic acids is 2. The summed E-state index contributed by atoms with van der Waals surface area (Å²) in [6.07, 6.45) is 1.59. The maximum Gasteiger partial charge on any atom is 0.339 e. The molecule has 116 valence electrons. The first-order valence-electron chi connectivity index (χ1n) is 6.77. The molecule has 2 heterocycles. The molecule has 3 aromatic rings. The van der Waals surface area contributed by atoms with Crippen LogP contribution >= 0.6 is 0 Å². The Bertz CT molecular complexity index is 903. The number of para-hydroxylation sites is 1. The van der Waals surface area contributed by atoms with Gasteiger partial charge in [-0.1, -0.05) is 12.1 Å². The van der Waals surface area contributed by atoms with E-state index in [1.807, 2.05) is 6.92 Å². The molecule has 1 aromatic carbocycles. The number of hydrogen-bond acceptors (Lipinski definition) is 6. The van der Waals surface area contributed by atoms with Crippen LogP contribution in [0.2, 0.25) is 0 Å². The predicted molar refractivity (Wildman–Crippen MR) is 81.3 cm³/mol. The van der Waals surface area contributed by atoms with Crippen molar-refractivity contribution in [3.05, 3.63) is 53.6 Å². The fraction of sp³-hybridized carbons (Fsp3) is 0.133. The Morgan fingerprint density at radius 3 is 2.74 bits per heavy atom. The second-order valence-electron chi connectivity index (χ2n) is 4.72. The minimum atomic E-state index is -0.540. The van der Waals surface area contributed by atoms with E-state index in [0.29, 0.717) is 11.5 Å². The van der Waals surface area contributed by atoms with Crippen LogP contribution in [0, 0.1) is 6.92 Å². The lowest BCUT2D eigenvalue weighted by Gasteiger charge is -2.07. The summed E-state index contributed by atoms with van der Waals surface area (Å²) in [7, 11) is 1.28. The molecule has 0 saturated heterocycles. The zero-order chi connectivity index (χ0) is 16.4. The van der Waals surface area contributed by atoms with Gasteiger partial charge in [-0.2, -0.15) is 4.98 Å². The average Bonchev–Trinajstić information content (AvgIpc) is 3.00. The molecule has 1 N–H and O–H groups in total. The van der Waals surface area contributed by atoms with E-state index in [4.69, 9.17) is 4.74 Å². The number of ether oxygens (including phenoxy) is 1. The fourth-order valence-corrected chi connectivity index (χ4v) is 2.06. The van der Waals surface area contributed by atoms with Crippen molar-refractivity contribution >= 4 is 23.3 Å². The van der Waals surface area contributed by atoms with Crippen LogP contribution in [0.1, 0.15) is 26.7 Å². The molecule has 8 heteroatoms. The van der Waals surface area contributed by atoms with E-state index >= 15 is 0 Å². The normalized spacial score (nSPS) is 10.5. The number of nitrogens with zero attached hydrogens (tertiary/aromatic N) is 4. The third-order valence-corrected chi connectivity index (χ3v) is 3.21. The Kier molecular flexibility index (Phi) is 3.71. The Hall–Kier alpha value is -3.29. The van der Waals surface area contributed by atoms with Gasteiger partial charge in [-0.05, 0) is 25.1 Å². The standard InChI is InChI=1S/C15H13N5O3/c1-9-7-8-16-15-18-12(19-20(9)15)13(21)17-11-6-4-3-5-10(11)14(22)23-2/h3-8H,1-2H3,(H,17,21). The largest absolute Gasteiger partial charge is 0.465 e. The van der Waals surface area contributed by atoms with Gasteiger partial charge in [0.25, 0.3) is 11.7 Å². The number of methoxy groups -OCH3 is 1. The van der Waals surface area contributed by atoms with Crippen molar-refractivity contribution < 1.29 is 14.3 Å². The van der Waals surface area contributed by atoms with E-state index in [-0.39, 0.29) is 11.4 Å². The molecule has 1 amide bonds. The molecule has 0 atom stereocenters. The maximum atomic E-state index is 12.3. The highest BCUT2D eigenvalue weighted by atomic mass is 16.5. The van der Waals surface area contributed by atoms with Crippen LogP contribution in [0.4, 0.5) is 5.69 Å². The first-order chi connectivity index (χ1) is 11.1. The van der Waals surface area contributed by atoms with Gasteiger partial charge in [0.1, 0.15) is 0 Å². The highest BCUT2D eigenvalue weighted by molar-refractivity contribution is 6.06. The number of hydrogen-bond donors (Lipinski definition) is 1. The molecule has 0 bridgehead atoms. The lowest BCUT2D eigenvalue weighted by atomic mass is 10.2. The molecule has 0 radical (unpaired) electrons. The second-order valence-corrected chi connectivity index (χ2v) is 4.72. The highest BCUT2D eigenvalue weighted by Crippen LogP contribution is 2.16. The number of esters is 1. The number of benzene rings is 1. The number of aryl methyl sites for hydroxylation is 1. The summed E-state index contributed by atoms with van der Waals surface area (Å²) in [6, 6.07) is 8.30. The molecule has 0 fully saturated rings. The van der Waals surface area contributed by atoms with Gasteiger partial charge in [-0.15, -0.1) is 5.10 Å². The van der Waals surface area contributed by atoms with E-state index in [2.05, 4.69) is 20.4 Å². The van der Waals surface area contributed by atoms with Gasteiger partial charge in [0.2, 0.25) is 5.82 Å². The summed E-state index contributed by atoms with van der Waals surface area (Å²) >= 11 is 0.